The van der Waals surface area contributed by atoms with Gasteiger partial charge in [-0.3, -0.25) is 9.59 Å². The van der Waals surface area contributed by atoms with Crippen molar-refractivity contribution in [2.45, 2.75) is 45.1 Å². The number of carbonyl (C=O) groups is 2. The van der Waals surface area contributed by atoms with Crippen LogP contribution < -0.4 is 5.32 Å². The molecule has 25 heavy (non-hydrogen) atoms. The topological polar surface area (TPSA) is 84.2 Å². The third-order valence-electron chi connectivity index (χ3n) is 4.27. The summed E-state index contributed by atoms with van der Waals surface area (Å²) in [4.78, 5) is 23.4. The van der Waals surface area contributed by atoms with E-state index in [9.17, 15) is 9.59 Å². The normalized spacial score (nSPS) is 15.0. The zero-order valence-electron chi connectivity index (χ0n) is 14.1. The van der Waals surface area contributed by atoms with Gasteiger partial charge < -0.3 is 10.4 Å². The highest BCUT2D eigenvalue weighted by molar-refractivity contribution is 6.31. The van der Waals surface area contributed by atoms with Crippen molar-refractivity contribution in [3.63, 3.8) is 0 Å². The molecule has 1 aromatic carbocycles. The van der Waals surface area contributed by atoms with Crippen molar-refractivity contribution in [1.29, 1.82) is 0 Å². The van der Waals surface area contributed by atoms with Crippen molar-refractivity contribution < 1.29 is 14.7 Å². The van der Waals surface area contributed by atoms with E-state index in [0.717, 1.165) is 29.8 Å². The number of hydrogen-bond donors (Lipinski definition) is 2. The summed E-state index contributed by atoms with van der Waals surface area (Å²) in [5.74, 6) is -0.946. The van der Waals surface area contributed by atoms with Crippen LogP contribution in [-0.4, -0.2) is 32.8 Å². The van der Waals surface area contributed by atoms with Crippen LogP contribution in [0.5, 0.6) is 0 Å². The number of aliphatic carboxylic acids is 1. The van der Waals surface area contributed by atoms with Crippen LogP contribution in [0.25, 0.3) is 5.69 Å². The second-order valence-electron chi connectivity index (χ2n) is 6.54. The average Bonchev–Trinajstić information content (AvgIpc) is 3.27. The molecule has 0 bridgehead atoms. The number of carboxylic acids is 1. The lowest BCUT2D eigenvalue weighted by atomic mass is 10.1. The summed E-state index contributed by atoms with van der Waals surface area (Å²) in [5, 5.41) is 16.6. The van der Waals surface area contributed by atoms with Gasteiger partial charge in [-0.25, -0.2) is 4.68 Å². The molecule has 1 heterocycles. The second-order valence-corrected chi connectivity index (χ2v) is 6.94. The molecule has 1 fully saturated rings. The lowest BCUT2D eigenvalue weighted by Crippen LogP contribution is -2.34. The van der Waals surface area contributed by atoms with E-state index in [4.69, 9.17) is 16.7 Å². The third-order valence-corrected chi connectivity index (χ3v) is 4.68. The molecule has 1 unspecified atom stereocenters. The zero-order chi connectivity index (χ0) is 18.1. The quantitative estimate of drug-likeness (QED) is 0.826. The first kappa shape index (κ1) is 17.5. The SMILES string of the molecule is Cc1ccc(-n2ncc(C(=O)NC(C)CC(=O)O)c2C2CC2)cc1Cl. The molecule has 6 nitrogen and oxygen atoms in total. The number of halogens is 1. The molecule has 1 aliphatic rings. The summed E-state index contributed by atoms with van der Waals surface area (Å²) in [7, 11) is 0. The first-order chi connectivity index (χ1) is 11.9. The van der Waals surface area contributed by atoms with Gasteiger partial charge in [-0.05, 0) is 44.4 Å². The number of rotatable bonds is 6. The minimum Gasteiger partial charge on any atom is -0.481 e. The highest BCUT2D eigenvalue weighted by Crippen LogP contribution is 2.42. The van der Waals surface area contributed by atoms with Gasteiger partial charge in [0.25, 0.3) is 5.91 Å². The van der Waals surface area contributed by atoms with E-state index in [1.807, 2.05) is 25.1 Å². The molecule has 0 spiro atoms. The molecule has 1 amide bonds. The monoisotopic (exact) mass is 361 g/mol. The summed E-state index contributed by atoms with van der Waals surface area (Å²) >= 11 is 6.22. The largest absolute Gasteiger partial charge is 0.481 e. The highest BCUT2D eigenvalue weighted by atomic mass is 35.5. The van der Waals surface area contributed by atoms with Gasteiger partial charge in [-0.1, -0.05) is 17.7 Å². The van der Waals surface area contributed by atoms with Gasteiger partial charge >= 0.3 is 5.97 Å². The van der Waals surface area contributed by atoms with Crippen LogP contribution in [0.3, 0.4) is 0 Å². The lowest BCUT2D eigenvalue weighted by Gasteiger charge is -2.13. The van der Waals surface area contributed by atoms with E-state index in [-0.39, 0.29) is 18.2 Å². The predicted molar refractivity (Wildman–Crippen MR) is 94.5 cm³/mol. The van der Waals surface area contributed by atoms with Crippen molar-refractivity contribution in [1.82, 2.24) is 15.1 Å². The number of nitrogens with zero attached hydrogens (tertiary/aromatic N) is 2. The molecule has 132 valence electrons. The number of benzene rings is 1. The fourth-order valence-corrected chi connectivity index (χ4v) is 2.99. The molecular weight excluding hydrogens is 342 g/mol. The van der Waals surface area contributed by atoms with E-state index in [2.05, 4.69) is 10.4 Å². The molecule has 0 aliphatic heterocycles. The fourth-order valence-electron chi connectivity index (χ4n) is 2.82. The lowest BCUT2D eigenvalue weighted by molar-refractivity contribution is -0.137. The Hall–Kier alpha value is -2.34. The molecule has 1 aliphatic carbocycles. The fraction of sp³-hybridized carbons (Fsp3) is 0.389. The maximum atomic E-state index is 12.6. The second kappa shape index (κ2) is 6.88. The number of aromatic nitrogens is 2. The highest BCUT2D eigenvalue weighted by Gasteiger charge is 2.33. The Morgan fingerprint density at radius 3 is 2.76 bits per heavy atom. The number of amides is 1. The van der Waals surface area contributed by atoms with Crippen molar-refractivity contribution in [2.24, 2.45) is 0 Å². The molecular formula is C18H20ClN3O3. The van der Waals surface area contributed by atoms with Crippen molar-refractivity contribution in [2.75, 3.05) is 0 Å². The molecule has 2 N–H and O–H groups in total. The maximum Gasteiger partial charge on any atom is 0.305 e. The van der Waals surface area contributed by atoms with Crippen LogP contribution in [0.15, 0.2) is 24.4 Å². The molecule has 3 rings (SSSR count). The molecule has 2 aromatic rings. The van der Waals surface area contributed by atoms with Gasteiger partial charge in [-0.2, -0.15) is 5.10 Å². The van der Waals surface area contributed by atoms with E-state index in [0.29, 0.717) is 10.6 Å². The maximum absolute atomic E-state index is 12.6. The van der Waals surface area contributed by atoms with E-state index < -0.39 is 12.0 Å². The summed E-state index contributed by atoms with van der Waals surface area (Å²) < 4.78 is 1.76. The number of hydrogen-bond acceptors (Lipinski definition) is 3. The van der Waals surface area contributed by atoms with E-state index >= 15 is 0 Å². The van der Waals surface area contributed by atoms with Crippen molar-refractivity contribution in [3.8, 4) is 5.69 Å². The minimum atomic E-state index is -0.944. The zero-order valence-corrected chi connectivity index (χ0v) is 14.9. The number of carbonyl (C=O) groups excluding carboxylic acids is 1. The summed E-state index contributed by atoms with van der Waals surface area (Å²) in [6, 6.07) is 5.23. The summed E-state index contributed by atoms with van der Waals surface area (Å²) in [5.41, 5.74) is 3.15. The van der Waals surface area contributed by atoms with Gasteiger partial charge in [0.1, 0.15) is 0 Å². The standard InChI is InChI=1S/C18H20ClN3O3/c1-10-3-6-13(8-15(10)19)22-17(12-4-5-12)14(9-20-22)18(25)21-11(2)7-16(23)24/h3,6,8-9,11-12H,4-5,7H2,1-2H3,(H,21,25)(H,23,24). The van der Waals surface area contributed by atoms with E-state index in [1.54, 1.807) is 17.8 Å². The Labute approximate surface area is 150 Å². The summed E-state index contributed by atoms with van der Waals surface area (Å²) in [6.07, 6.45) is 3.45. The molecule has 7 heteroatoms. The van der Waals surface area contributed by atoms with Gasteiger partial charge in [0.05, 0.1) is 29.6 Å². The molecule has 0 radical (unpaired) electrons. The van der Waals surface area contributed by atoms with Gasteiger partial charge in [0.2, 0.25) is 0 Å². The van der Waals surface area contributed by atoms with Crippen LogP contribution in [0.2, 0.25) is 5.02 Å². The number of aryl methyl sites for hydroxylation is 1. The Bertz CT molecular complexity index is 827. The van der Waals surface area contributed by atoms with Crippen LogP contribution in [0.1, 0.15) is 53.7 Å². The molecule has 1 saturated carbocycles. The minimum absolute atomic E-state index is 0.119. The van der Waals surface area contributed by atoms with Crippen molar-refractivity contribution >= 4 is 23.5 Å². The van der Waals surface area contributed by atoms with Crippen LogP contribution in [0, 0.1) is 6.92 Å². The van der Waals surface area contributed by atoms with Crippen molar-refractivity contribution in [3.05, 3.63) is 46.2 Å². The number of carboxylic acid groups (broad SMARTS) is 1. The Morgan fingerprint density at radius 2 is 2.16 bits per heavy atom. The Balaban J connectivity index is 1.91. The Kier molecular flexibility index (Phi) is 4.81. The summed E-state index contributed by atoms with van der Waals surface area (Å²) in [6.45, 7) is 3.60. The van der Waals surface area contributed by atoms with Gasteiger partial charge in [0, 0.05) is 17.0 Å². The van der Waals surface area contributed by atoms with Gasteiger partial charge in [0.15, 0.2) is 0 Å². The van der Waals surface area contributed by atoms with Crippen LogP contribution in [-0.2, 0) is 4.79 Å². The van der Waals surface area contributed by atoms with Gasteiger partial charge in [-0.15, -0.1) is 0 Å². The predicted octanol–water partition coefficient (Wildman–Crippen LogP) is 3.30. The van der Waals surface area contributed by atoms with Crippen LogP contribution in [0.4, 0.5) is 0 Å². The molecule has 1 atom stereocenters. The molecule has 1 aromatic heterocycles. The Morgan fingerprint density at radius 1 is 1.44 bits per heavy atom. The first-order valence-corrected chi connectivity index (χ1v) is 8.61. The van der Waals surface area contributed by atoms with Crippen LogP contribution >= 0.6 is 11.6 Å². The average molecular weight is 362 g/mol. The molecule has 0 saturated heterocycles. The smallest absolute Gasteiger partial charge is 0.305 e. The van der Waals surface area contributed by atoms with E-state index in [1.165, 1.54) is 0 Å². The first-order valence-electron chi connectivity index (χ1n) is 8.24. The number of nitrogens with one attached hydrogen (secondary N) is 1. The third kappa shape index (κ3) is 3.85.